The first-order valence-electron chi connectivity index (χ1n) is 10.8. The Morgan fingerprint density at radius 1 is 0.939 bits per heavy atom. The molecule has 7 heteroatoms. The number of hydrogen-bond donors (Lipinski definition) is 1. The maximum atomic E-state index is 12.8. The Kier molecular flexibility index (Phi) is 7.09. The third-order valence-electron chi connectivity index (χ3n) is 5.32. The summed E-state index contributed by atoms with van der Waals surface area (Å²) in [7, 11) is 0. The minimum absolute atomic E-state index is 0.165. The first-order valence-corrected chi connectivity index (χ1v) is 10.8. The Morgan fingerprint density at radius 2 is 1.70 bits per heavy atom. The van der Waals surface area contributed by atoms with Crippen LogP contribution in [0.1, 0.15) is 28.4 Å². The van der Waals surface area contributed by atoms with Crippen molar-refractivity contribution in [3.63, 3.8) is 0 Å². The zero-order chi connectivity index (χ0) is 23.0. The van der Waals surface area contributed by atoms with Crippen molar-refractivity contribution >= 4 is 11.8 Å². The van der Waals surface area contributed by atoms with Crippen molar-refractivity contribution in [1.82, 2.24) is 10.2 Å². The predicted molar refractivity (Wildman–Crippen MR) is 123 cm³/mol. The van der Waals surface area contributed by atoms with E-state index < -0.39 is 0 Å². The van der Waals surface area contributed by atoms with E-state index in [9.17, 15) is 9.59 Å². The molecule has 0 saturated heterocycles. The Balaban J connectivity index is 1.35. The molecular weight excluding hydrogens is 420 g/mol. The van der Waals surface area contributed by atoms with Crippen LogP contribution in [0.4, 0.5) is 0 Å². The molecule has 0 aliphatic carbocycles. The standard InChI is InChI=1S/C26H26N2O5/c1-2-28(16-20-12-13-23-24(14-20)33-18-32-23)25(29)17-31-22-11-7-6-10-21(22)26(30)27-15-19-8-4-3-5-9-19/h3-14H,2,15-18H2,1H3,(H,27,30). The molecule has 2 amide bonds. The van der Waals surface area contributed by atoms with E-state index in [2.05, 4.69) is 5.32 Å². The van der Waals surface area contributed by atoms with E-state index in [1.807, 2.05) is 55.5 Å². The molecule has 1 aliphatic rings. The van der Waals surface area contributed by atoms with Gasteiger partial charge in [-0.2, -0.15) is 0 Å². The quantitative estimate of drug-likeness (QED) is 0.541. The average molecular weight is 447 g/mol. The number of hydrogen-bond acceptors (Lipinski definition) is 5. The number of fused-ring (bicyclic) bond motifs is 1. The Hall–Kier alpha value is -4.00. The molecule has 0 radical (unpaired) electrons. The van der Waals surface area contributed by atoms with Crippen LogP contribution in [-0.4, -0.2) is 36.7 Å². The van der Waals surface area contributed by atoms with Crippen LogP contribution in [0.5, 0.6) is 17.2 Å². The lowest BCUT2D eigenvalue weighted by atomic mass is 10.1. The second-order valence-corrected chi connectivity index (χ2v) is 7.55. The van der Waals surface area contributed by atoms with Crippen LogP contribution in [0.15, 0.2) is 72.8 Å². The van der Waals surface area contributed by atoms with Gasteiger partial charge in [0.15, 0.2) is 18.1 Å². The Morgan fingerprint density at radius 3 is 2.52 bits per heavy atom. The molecule has 4 rings (SSSR count). The summed E-state index contributed by atoms with van der Waals surface area (Å²) in [5.41, 5.74) is 2.33. The monoisotopic (exact) mass is 446 g/mol. The molecule has 0 atom stereocenters. The SMILES string of the molecule is CCN(Cc1ccc2c(c1)OCO2)C(=O)COc1ccccc1C(=O)NCc1ccccc1. The molecule has 1 heterocycles. The van der Waals surface area contributed by atoms with E-state index in [0.29, 0.717) is 42.4 Å². The lowest BCUT2D eigenvalue weighted by Crippen LogP contribution is -2.34. The predicted octanol–water partition coefficient (Wildman–Crippen LogP) is 3.77. The van der Waals surface area contributed by atoms with Gasteiger partial charge in [0.1, 0.15) is 5.75 Å². The summed E-state index contributed by atoms with van der Waals surface area (Å²) < 4.78 is 16.5. The maximum absolute atomic E-state index is 12.8. The number of nitrogens with one attached hydrogen (secondary N) is 1. The molecule has 0 saturated carbocycles. The van der Waals surface area contributed by atoms with Crippen molar-refractivity contribution in [2.24, 2.45) is 0 Å². The number of carbonyl (C=O) groups is 2. The van der Waals surface area contributed by atoms with Crippen LogP contribution in [-0.2, 0) is 17.9 Å². The van der Waals surface area contributed by atoms with Crippen LogP contribution < -0.4 is 19.5 Å². The van der Waals surface area contributed by atoms with Gasteiger partial charge < -0.3 is 24.4 Å². The summed E-state index contributed by atoms with van der Waals surface area (Å²) in [6, 6.07) is 22.2. The highest BCUT2D eigenvalue weighted by atomic mass is 16.7. The Labute approximate surface area is 192 Å². The van der Waals surface area contributed by atoms with E-state index in [-0.39, 0.29) is 25.2 Å². The highest BCUT2D eigenvalue weighted by molar-refractivity contribution is 5.97. The number of nitrogens with zero attached hydrogens (tertiary/aromatic N) is 1. The second kappa shape index (κ2) is 10.5. The molecule has 0 bridgehead atoms. The van der Waals surface area contributed by atoms with E-state index in [1.54, 1.807) is 29.2 Å². The lowest BCUT2D eigenvalue weighted by Gasteiger charge is -2.21. The third-order valence-corrected chi connectivity index (χ3v) is 5.32. The molecule has 0 spiro atoms. The molecule has 0 fully saturated rings. The van der Waals surface area contributed by atoms with Gasteiger partial charge in [-0.25, -0.2) is 0 Å². The van der Waals surface area contributed by atoms with Gasteiger partial charge in [0.05, 0.1) is 5.56 Å². The summed E-state index contributed by atoms with van der Waals surface area (Å²) >= 11 is 0. The van der Waals surface area contributed by atoms with Crippen molar-refractivity contribution in [3.8, 4) is 17.2 Å². The molecule has 3 aromatic rings. The molecule has 0 unspecified atom stereocenters. The number of para-hydroxylation sites is 1. The van der Waals surface area contributed by atoms with Crippen LogP contribution in [0, 0.1) is 0 Å². The summed E-state index contributed by atoms with van der Waals surface area (Å²) in [6.07, 6.45) is 0. The molecule has 7 nitrogen and oxygen atoms in total. The summed E-state index contributed by atoms with van der Waals surface area (Å²) in [6.45, 7) is 3.31. The summed E-state index contributed by atoms with van der Waals surface area (Å²) in [5.74, 6) is 1.33. The first-order chi connectivity index (χ1) is 16.1. The Bertz CT molecular complexity index is 1120. The largest absolute Gasteiger partial charge is 0.483 e. The van der Waals surface area contributed by atoms with E-state index >= 15 is 0 Å². The highest BCUT2D eigenvalue weighted by Gasteiger charge is 2.18. The van der Waals surface area contributed by atoms with Gasteiger partial charge in [-0.1, -0.05) is 48.5 Å². The van der Waals surface area contributed by atoms with Crippen LogP contribution in [0.3, 0.4) is 0 Å². The number of benzene rings is 3. The number of ether oxygens (including phenoxy) is 3. The molecule has 170 valence electrons. The van der Waals surface area contributed by atoms with Gasteiger partial charge in [-0.3, -0.25) is 9.59 Å². The lowest BCUT2D eigenvalue weighted by molar-refractivity contribution is -0.133. The zero-order valence-electron chi connectivity index (χ0n) is 18.5. The van der Waals surface area contributed by atoms with Gasteiger partial charge in [0, 0.05) is 19.6 Å². The number of amides is 2. The van der Waals surface area contributed by atoms with Gasteiger partial charge in [0.25, 0.3) is 11.8 Å². The van der Waals surface area contributed by atoms with E-state index in [0.717, 1.165) is 11.1 Å². The van der Waals surface area contributed by atoms with Crippen molar-refractivity contribution in [3.05, 3.63) is 89.5 Å². The van der Waals surface area contributed by atoms with Gasteiger partial charge in [-0.05, 0) is 42.3 Å². The molecular formula is C26H26N2O5. The van der Waals surface area contributed by atoms with Gasteiger partial charge in [-0.15, -0.1) is 0 Å². The number of carbonyl (C=O) groups excluding carboxylic acids is 2. The average Bonchev–Trinajstić information content (AvgIpc) is 3.33. The fourth-order valence-electron chi connectivity index (χ4n) is 3.52. The summed E-state index contributed by atoms with van der Waals surface area (Å²) in [5, 5.41) is 2.89. The van der Waals surface area contributed by atoms with E-state index in [1.165, 1.54) is 0 Å². The number of rotatable bonds is 9. The van der Waals surface area contributed by atoms with Crippen molar-refractivity contribution in [2.45, 2.75) is 20.0 Å². The van der Waals surface area contributed by atoms with Crippen molar-refractivity contribution < 1.29 is 23.8 Å². The zero-order valence-corrected chi connectivity index (χ0v) is 18.5. The molecule has 33 heavy (non-hydrogen) atoms. The normalized spacial score (nSPS) is 11.7. The van der Waals surface area contributed by atoms with Crippen molar-refractivity contribution in [2.75, 3.05) is 19.9 Å². The summed E-state index contributed by atoms with van der Waals surface area (Å²) in [4.78, 5) is 27.2. The number of likely N-dealkylation sites (N-methyl/N-ethyl adjacent to an activating group) is 1. The van der Waals surface area contributed by atoms with Crippen LogP contribution in [0.2, 0.25) is 0 Å². The molecule has 1 N–H and O–H groups in total. The maximum Gasteiger partial charge on any atom is 0.260 e. The fourth-order valence-corrected chi connectivity index (χ4v) is 3.52. The van der Waals surface area contributed by atoms with E-state index in [4.69, 9.17) is 14.2 Å². The van der Waals surface area contributed by atoms with Gasteiger partial charge in [0.2, 0.25) is 6.79 Å². The van der Waals surface area contributed by atoms with Gasteiger partial charge >= 0.3 is 0 Å². The topological polar surface area (TPSA) is 77.1 Å². The van der Waals surface area contributed by atoms with Crippen LogP contribution >= 0.6 is 0 Å². The highest BCUT2D eigenvalue weighted by Crippen LogP contribution is 2.32. The smallest absolute Gasteiger partial charge is 0.260 e. The molecule has 3 aromatic carbocycles. The second-order valence-electron chi connectivity index (χ2n) is 7.55. The van der Waals surface area contributed by atoms with Crippen LogP contribution in [0.25, 0.3) is 0 Å². The molecule has 1 aliphatic heterocycles. The third kappa shape index (κ3) is 5.63. The van der Waals surface area contributed by atoms with Crippen molar-refractivity contribution in [1.29, 1.82) is 0 Å². The minimum atomic E-state index is -0.255. The minimum Gasteiger partial charge on any atom is -0.483 e. The molecule has 0 aromatic heterocycles. The fraction of sp³-hybridized carbons (Fsp3) is 0.231. The first kappa shape index (κ1) is 22.2.